The molecule has 0 atom stereocenters. The first kappa shape index (κ1) is 10.6. The van der Waals surface area contributed by atoms with Crippen LogP contribution in [0.3, 0.4) is 0 Å². The van der Waals surface area contributed by atoms with Crippen LogP contribution in [-0.4, -0.2) is 10.9 Å². The van der Waals surface area contributed by atoms with Crippen LogP contribution < -0.4 is 5.32 Å². The molecular formula is C11H13BrN2O. The van der Waals surface area contributed by atoms with Crippen molar-refractivity contribution < 1.29 is 4.79 Å². The van der Waals surface area contributed by atoms with Gasteiger partial charge in [-0.05, 0) is 40.9 Å². The van der Waals surface area contributed by atoms with Crippen molar-refractivity contribution in [2.24, 2.45) is 5.92 Å². The van der Waals surface area contributed by atoms with E-state index in [2.05, 4.69) is 26.2 Å². The highest BCUT2D eigenvalue weighted by atomic mass is 79.9. The lowest BCUT2D eigenvalue weighted by Crippen LogP contribution is -2.20. The average molecular weight is 269 g/mol. The number of rotatable bonds is 2. The predicted octanol–water partition coefficient (Wildman–Crippen LogP) is 2.97. The third kappa shape index (κ3) is 2.78. The second-order valence-corrected chi connectivity index (χ2v) is 4.63. The SMILES string of the molecule is O=C(Nc1cccc(Br)n1)C1CCCC1. The van der Waals surface area contributed by atoms with Crippen LogP contribution in [0.15, 0.2) is 22.8 Å². The minimum atomic E-state index is 0.109. The van der Waals surface area contributed by atoms with E-state index in [0.717, 1.165) is 17.4 Å². The van der Waals surface area contributed by atoms with Crippen molar-refractivity contribution in [2.75, 3.05) is 5.32 Å². The number of hydrogen-bond acceptors (Lipinski definition) is 2. The molecule has 2 rings (SSSR count). The molecule has 0 saturated heterocycles. The molecule has 1 heterocycles. The molecule has 1 aromatic heterocycles. The first-order valence-electron chi connectivity index (χ1n) is 5.19. The maximum atomic E-state index is 11.8. The van der Waals surface area contributed by atoms with Gasteiger partial charge in [-0.25, -0.2) is 4.98 Å². The highest BCUT2D eigenvalue weighted by molar-refractivity contribution is 9.10. The van der Waals surface area contributed by atoms with Crippen molar-refractivity contribution in [3.05, 3.63) is 22.8 Å². The zero-order valence-corrected chi connectivity index (χ0v) is 9.96. The van der Waals surface area contributed by atoms with E-state index < -0.39 is 0 Å². The first-order chi connectivity index (χ1) is 7.25. The van der Waals surface area contributed by atoms with Crippen molar-refractivity contribution in [2.45, 2.75) is 25.7 Å². The van der Waals surface area contributed by atoms with Gasteiger partial charge < -0.3 is 5.32 Å². The van der Waals surface area contributed by atoms with Gasteiger partial charge in [0.2, 0.25) is 5.91 Å². The van der Waals surface area contributed by atoms with Gasteiger partial charge in [0.25, 0.3) is 0 Å². The van der Waals surface area contributed by atoms with Crippen LogP contribution in [0.1, 0.15) is 25.7 Å². The fraction of sp³-hybridized carbons (Fsp3) is 0.455. The van der Waals surface area contributed by atoms with E-state index >= 15 is 0 Å². The zero-order chi connectivity index (χ0) is 10.7. The summed E-state index contributed by atoms with van der Waals surface area (Å²) >= 11 is 3.27. The van der Waals surface area contributed by atoms with Crippen molar-refractivity contribution in [1.29, 1.82) is 0 Å². The molecule has 1 fully saturated rings. The van der Waals surface area contributed by atoms with Gasteiger partial charge in [0, 0.05) is 5.92 Å². The summed E-state index contributed by atoms with van der Waals surface area (Å²) in [7, 11) is 0. The van der Waals surface area contributed by atoms with Crippen LogP contribution in [-0.2, 0) is 4.79 Å². The van der Waals surface area contributed by atoms with Crippen molar-refractivity contribution in [1.82, 2.24) is 4.98 Å². The number of anilines is 1. The summed E-state index contributed by atoms with van der Waals surface area (Å²) in [5.41, 5.74) is 0. The Morgan fingerprint density at radius 1 is 1.40 bits per heavy atom. The normalized spacial score (nSPS) is 16.6. The summed E-state index contributed by atoms with van der Waals surface area (Å²) < 4.78 is 0.742. The highest BCUT2D eigenvalue weighted by Crippen LogP contribution is 2.25. The van der Waals surface area contributed by atoms with Gasteiger partial charge in [-0.3, -0.25) is 4.79 Å². The van der Waals surface area contributed by atoms with Gasteiger partial charge >= 0.3 is 0 Å². The van der Waals surface area contributed by atoms with Gasteiger partial charge in [-0.15, -0.1) is 0 Å². The number of aromatic nitrogens is 1. The van der Waals surface area contributed by atoms with E-state index in [1.54, 1.807) is 6.07 Å². The minimum Gasteiger partial charge on any atom is -0.310 e. The summed E-state index contributed by atoms with van der Waals surface area (Å²) in [4.78, 5) is 15.9. The van der Waals surface area contributed by atoms with E-state index in [4.69, 9.17) is 0 Å². The number of nitrogens with one attached hydrogen (secondary N) is 1. The monoisotopic (exact) mass is 268 g/mol. The summed E-state index contributed by atoms with van der Waals surface area (Å²) in [6.07, 6.45) is 4.37. The van der Waals surface area contributed by atoms with Crippen molar-refractivity contribution in [3.8, 4) is 0 Å². The quantitative estimate of drug-likeness (QED) is 0.838. The lowest BCUT2D eigenvalue weighted by Gasteiger charge is -2.09. The molecule has 0 aliphatic heterocycles. The molecule has 80 valence electrons. The van der Waals surface area contributed by atoms with Crippen LogP contribution in [0.25, 0.3) is 0 Å². The Morgan fingerprint density at radius 2 is 2.13 bits per heavy atom. The fourth-order valence-corrected chi connectivity index (χ4v) is 2.24. The molecule has 1 aliphatic carbocycles. The van der Waals surface area contributed by atoms with Gasteiger partial charge in [0.1, 0.15) is 10.4 Å². The van der Waals surface area contributed by atoms with Gasteiger partial charge in [-0.2, -0.15) is 0 Å². The molecule has 0 unspecified atom stereocenters. The lowest BCUT2D eigenvalue weighted by atomic mass is 10.1. The van der Waals surface area contributed by atoms with Gasteiger partial charge in [-0.1, -0.05) is 18.9 Å². The number of hydrogen-bond donors (Lipinski definition) is 1. The molecule has 0 radical (unpaired) electrons. The molecule has 1 saturated carbocycles. The van der Waals surface area contributed by atoms with E-state index in [9.17, 15) is 4.79 Å². The maximum absolute atomic E-state index is 11.8. The number of carbonyl (C=O) groups is 1. The summed E-state index contributed by atoms with van der Waals surface area (Å²) in [6, 6.07) is 5.50. The molecule has 1 aromatic rings. The Hall–Kier alpha value is -0.900. The van der Waals surface area contributed by atoms with Crippen molar-refractivity contribution >= 4 is 27.7 Å². The first-order valence-corrected chi connectivity index (χ1v) is 5.98. The predicted molar refractivity (Wildman–Crippen MR) is 62.5 cm³/mol. The Labute approximate surface area is 97.4 Å². The van der Waals surface area contributed by atoms with E-state index in [0.29, 0.717) is 5.82 Å². The Morgan fingerprint density at radius 3 is 2.80 bits per heavy atom. The standard InChI is InChI=1S/C11H13BrN2O/c12-9-6-3-7-10(13-9)14-11(15)8-4-1-2-5-8/h3,6-8H,1-2,4-5H2,(H,13,14,15). The molecule has 15 heavy (non-hydrogen) atoms. The van der Waals surface area contributed by atoms with Crippen LogP contribution in [0.5, 0.6) is 0 Å². The Balaban J connectivity index is 1.99. The molecule has 0 spiro atoms. The molecule has 4 heteroatoms. The Kier molecular flexibility index (Phi) is 3.36. The third-order valence-electron chi connectivity index (χ3n) is 2.69. The number of pyridine rings is 1. The minimum absolute atomic E-state index is 0.109. The molecule has 0 aromatic carbocycles. The third-order valence-corrected chi connectivity index (χ3v) is 3.13. The van der Waals surface area contributed by atoms with Gasteiger partial charge in [0.15, 0.2) is 0 Å². The summed E-state index contributed by atoms with van der Waals surface area (Å²) in [5, 5.41) is 2.84. The van der Waals surface area contributed by atoms with Crippen molar-refractivity contribution in [3.63, 3.8) is 0 Å². The van der Waals surface area contributed by atoms with Gasteiger partial charge in [0.05, 0.1) is 0 Å². The number of halogens is 1. The number of amides is 1. The van der Waals surface area contributed by atoms with Crippen LogP contribution in [0.2, 0.25) is 0 Å². The van der Waals surface area contributed by atoms with E-state index in [-0.39, 0.29) is 11.8 Å². The second-order valence-electron chi connectivity index (χ2n) is 3.82. The van der Waals surface area contributed by atoms with Crippen LogP contribution >= 0.6 is 15.9 Å². The van der Waals surface area contributed by atoms with Crippen LogP contribution in [0, 0.1) is 5.92 Å². The maximum Gasteiger partial charge on any atom is 0.228 e. The summed E-state index contributed by atoms with van der Waals surface area (Å²) in [5.74, 6) is 0.921. The fourth-order valence-electron chi connectivity index (χ4n) is 1.89. The Bertz CT molecular complexity index is 361. The molecular weight excluding hydrogens is 256 g/mol. The van der Waals surface area contributed by atoms with E-state index in [1.165, 1.54) is 12.8 Å². The molecule has 1 N–H and O–H groups in total. The van der Waals surface area contributed by atoms with E-state index in [1.807, 2.05) is 12.1 Å². The van der Waals surface area contributed by atoms with Crippen LogP contribution in [0.4, 0.5) is 5.82 Å². The lowest BCUT2D eigenvalue weighted by molar-refractivity contribution is -0.119. The smallest absolute Gasteiger partial charge is 0.228 e. The average Bonchev–Trinajstić information content (AvgIpc) is 2.70. The largest absolute Gasteiger partial charge is 0.310 e. The summed E-state index contributed by atoms with van der Waals surface area (Å²) in [6.45, 7) is 0. The number of carbonyl (C=O) groups excluding carboxylic acids is 1. The molecule has 1 amide bonds. The zero-order valence-electron chi connectivity index (χ0n) is 8.37. The number of nitrogens with zero attached hydrogens (tertiary/aromatic N) is 1. The molecule has 0 bridgehead atoms. The molecule has 1 aliphatic rings. The second kappa shape index (κ2) is 4.75. The topological polar surface area (TPSA) is 42.0 Å². The molecule has 3 nitrogen and oxygen atoms in total. The highest BCUT2D eigenvalue weighted by Gasteiger charge is 2.22.